The van der Waals surface area contributed by atoms with E-state index in [1.54, 1.807) is 0 Å². The van der Waals surface area contributed by atoms with Crippen molar-refractivity contribution in [2.75, 3.05) is 24.6 Å². The molecule has 0 spiro atoms. The number of nitrogens with zero attached hydrogens (tertiary/aromatic N) is 2. The zero-order valence-electron chi connectivity index (χ0n) is 14.7. The molecule has 3 amide bonds. The number of hydrogen-bond acceptors (Lipinski definition) is 5. The van der Waals surface area contributed by atoms with Gasteiger partial charge in [-0.25, -0.2) is 0 Å². The van der Waals surface area contributed by atoms with Crippen molar-refractivity contribution in [2.45, 2.75) is 25.4 Å². The first kappa shape index (κ1) is 19.8. The topological polar surface area (TPSA) is 84.0 Å². The summed E-state index contributed by atoms with van der Waals surface area (Å²) < 4.78 is 43.5. The first-order valence-electron chi connectivity index (χ1n) is 8.64. The molecule has 1 aromatic carbocycles. The van der Waals surface area contributed by atoms with Crippen LogP contribution < -0.4 is 4.90 Å². The van der Waals surface area contributed by atoms with Gasteiger partial charge in [-0.05, 0) is 24.6 Å². The van der Waals surface area contributed by atoms with Crippen molar-refractivity contribution in [2.24, 2.45) is 5.92 Å². The summed E-state index contributed by atoms with van der Waals surface area (Å²) in [7, 11) is 0. The summed E-state index contributed by atoms with van der Waals surface area (Å²) in [6.07, 6.45) is -3.96. The quantitative estimate of drug-likeness (QED) is 0.722. The number of rotatable bonds is 4. The fourth-order valence-electron chi connectivity index (χ4n) is 3.21. The minimum atomic E-state index is -4.55. The molecule has 0 unspecified atom stereocenters. The largest absolute Gasteiger partial charge is 0.455 e. The second-order valence-corrected chi connectivity index (χ2v) is 6.60. The third-order valence-electron chi connectivity index (χ3n) is 4.66. The first-order chi connectivity index (χ1) is 13.2. The summed E-state index contributed by atoms with van der Waals surface area (Å²) >= 11 is 0. The molecule has 150 valence electrons. The number of carbonyl (C=O) groups is 4. The van der Waals surface area contributed by atoms with E-state index < -0.39 is 42.0 Å². The van der Waals surface area contributed by atoms with E-state index >= 15 is 0 Å². The molecule has 2 saturated heterocycles. The van der Waals surface area contributed by atoms with Gasteiger partial charge in [0.15, 0.2) is 6.61 Å². The maximum absolute atomic E-state index is 12.9. The summed E-state index contributed by atoms with van der Waals surface area (Å²) in [6, 6.07) is 4.27. The highest BCUT2D eigenvalue weighted by Gasteiger charge is 2.38. The maximum Gasteiger partial charge on any atom is 0.416 e. The van der Waals surface area contributed by atoms with Gasteiger partial charge < -0.3 is 9.64 Å². The predicted molar refractivity (Wildman–Crippen MR) is 88.8 cm³/mol. The van der Waals surface area contributed by atoms with E-state index in [1.165, 1.54) is 12.1 Å². The van der Waals surface area contributed by atoms with Crippen LogP contribution in [0.3, 0.4) is 0 Å². The van der Waals surface area contributed by atoms with E-state index in [2.05, 4.69) is 0 Å². The van der Waals surface area contributed by atoms with E-state index in [-0.39, 0.29) is 37.5 Å². The number of ether oxygens (including phenoxy) is 1. The lowest BCUT2D eigenvalue weighted by Crippen LogP contribution is -2.36. The van der Waals surface area contributed by atoms with Crippen molar-refractivity contribution in [1.82, 2.24) is 4.90 Å². The van der Waals surface area contributed by atoms with Gasteiger partial charge in [0.05, 0.1) is 11.5 Å². The number of benzene rings is 1. The van der Waals surface area contributed by atoms with Crippen molar-refractivity contribution < 1.29 is 37.1 Å². The Labute approximate surface area is 158 Å². The lowest BCUT2D eigenvalue weighted by molar-refractivity contribution is -0.157. The summed E-state index contributed by atoms with van der Waals surface area (Å²) in [5.41, 5.74) is -0.862. The summed E-state index contributed by atoms with van der Waals surface area (Å²) in [4.78, 5) is 49.8. The lowest BCUT2D eigenvalue weighted by Gasteiger charge is -2.18. The van der Waals surface area contributed by atoms with Gasteiger partial charge in [0.2, 0.25) is 11.8 Å². The number of esters is 1. The zero-order chi connectivity index (χ0) is 20.5. The van der Waals surface area contributed by atoms with Gasteiger partial charge >= 0.3 is 12.1 Å². The molecule has 7 nitrogen and oxygen atoms in total. The smallest absolute Gasteiger partial charge is 0.416 e. The minimum absolute atomic E-state index is 0.0360. The molecule has 1 atom stereocenters. The molecule has 3 rings (SSSR count). The van der Waals surface area contributed by atoms with Gasteiger partial charge in [-0.3, -0.25) is 24.1 Å². The molecular weight excluding hydrogens is 381 g/mol. The number of amides is 3. The SMILES string of the molecule is O=C(OCC(=O)N1CCCC1=O)[C@@H]1CC(=O)N(c2cccc(C(F)(F)F)c2)C1. The molecule has 0 N–H and O–H groups in total. The fraction of sp³-hybridized carbons (Fsp3) is 0.444. The Morgan fingerprint density at radius 3 is 2.57 bits per heavy atom. The number of hydrogen-bond donors (Lipinski definition) is 0. The molecule has 2 heterocycles. The van der Waals surface area contributed by atoms with Crippen LogP contribution in [0, 0.1) is 5.92 Å². The van der Waals surface area contributed by atoms with Crippen LogP contribution in [-0.4, -0.2) is 48.3 Å². The highest BCUT2D eigenvalue weighted by molar-refractivity contribution is 6.00. The second-order valence-electron chi connectivity index (χ2n) is 6.60. The monoisotopic (exact) mass is 398 g/mol. The van der Waals surface area contributed by atoms with Gasteiger partial charge in [0, 0.05) is 31.6 Å². The molecule has 2 fully saturated rings. The van der Waals surface area contributed by atoms with Crippen LogP contribution in [0.25, 0.3) is 0 Å². The molecule has 0 aliphatic carbocycles. The van der Waals surface area contributed by atoms with Crippen LogP contribution in [0.1, 0.15) is 24.8 Å². The molecule has 1 aromatic rings. The molecule has 0 saturated carbocycles. The van der Waals surface area contributed by atoms with Crippen LogP contribution in [-0.2, 0) is 30.1 Å². The fourth-order valence-corrected chi connectivity index (χ4v) is 3.21. The van der Waals surface area contributed by atoms with Crippen LogP contribution >= 0.6 is 0 Å². The van der Waals surface area contributed by atoms with Crippen LogP contribution in [0.2, 0.25) is 0 Å². The van der Waals surface area contributed by atoms with Crippen molar-refractivity contribution in [3.8, 4) is 0 Å². The van der Waals surface area contributed by atoms with Crippen molar-refractivity contribution >= 4 is 29.4 Å². The first-order valence-corrected chi connectivity index (χ1v) is 8.64. The summed E-state index contributed by atoms with van der Waals surface area (Å²) in [5.74, 6) is -3.17. The van der Waals surface area contributed by atoms with E-state index in [0.717, 1.165) is 21.9 Å². The highest BCUT2D eigenvalue weighted by atomic mass is 19.4. The van der Waals surface area contributed by atoms with Crippen molar-refractivity contribution in [3.63, 3.8) is 0 Å². The molecule has 10 heteroatoms. The predicted octanol–water partition coefficient (Wildman–Crippen LogP) is 1.75. The number of anilines is 1. The Hall–Kier alpha value is -2.91. The van der Waals surface area contributed by atoms with E-state index in [4.69, 9.17) is 4.74 Å². The molecular formula is C18H17F3N2O5. The maximum atomic E-state index is 12.9. The minimum Gasteiger partial charge on any atom is -0.455 e. The van der Waals surface area contributed by atoms with Gasteiger partial charge in [0.1, 0.15) is 0 Å². The molecule has 0 radical (unpaired) electrons. The highest BCUT2D eigenvalue weighted by Crippen LogP contribution is 2.33. The molecule has 28 heavy (non-hydrogen) atoms. The number of likely N-dealkylation sites (tertiary alicyclic amines) is 1. The Kier molecular flexibility index (Phi) is 5.39. The summed E-state index contributed by atoms with van der Waals surface area (Å²) in [5, 5.41) is 0. The van der Waals surface area contributed by atoms with Gasteiger partial charge in [-0.2, -0.15) is 13.2 Å². The van der Waals surface area contributed by atoms with Crippen LogP contribution in [0.4, 0.5) is 18.9 Å². The van der Waals surface area contributed by atoms with Crippen molar-refractivity contribution in [3.05, 3.63) is 29.8 Å². The average Bonchev–Trinajstić information content (AvgIpc) is 3.24. The van der Waals surface area contributed by atoms with Gasteiger partial charge in [0.25, 0.3) is 5.91 Å². The Morgan fingerprint density at radius 1 is 1.18 bits per heavy atom. The van der Waals surface area contributed by atoms with Crippen LogP contribution in [0.5, 0.6) is 0 Å². The second kappa shape index (κ2) is 7.61. The Morgan fingerprint density at radius 2 is 1.93 bits per heavy atom. The molecule has 0 aromatic heterocycles. The average molecular weight is 398 g/mol. The number of halogens is 3. The standard InChI is InChI=1S/C18H17F3N2O5/c19-18(20,21)12-3-1-4-13(8-12)23-9-11(7-15(23)25)17(27)28-10-16(26)22-6-2-5-14(22)24/h1,3-4,8,11H,2,5-7,9-10H2/t11-/m1/s1. The van der Waals surface area contributed by atoms with E-state index in [0.29, 0.717) is 6.42 Å². The van der Waals surface area contributed by atoms with Crippen molar-refractivity contribution in [1.29, 1.82) is 0 Å². The number of carbonyl (C=O) groups excluding carboxylic acids is 4. The lowest BCUT2D eigenvalue weighted by atomic mass is 10.1. The normalized spacial score (nSPS) is 20.0. The van der Waals surface area contributed by atoms with E-state index in [1.807, 2.05) is 0 Å². The van der Waals surface area contributed by atoms with E-state index in [9.17, 15) is 32.3 Å². The molecule has 2 aliphatic heterocycles. The number of imide groups is 1. The van der Waals surface area contributed by atoms with Gasteiger partial charge in [-0.15, -0.1) is 0 Å². The third kappa shape index (κ3) is 4.15. The third-order valence-corrected chi connectivity index (χ3v) is 4.66. The zero-order valence-corrected chi connectivity index (χ0v) is 14.7. The summed E-state index contributed by atoms with van der Waals surface area (Å²) in [6.45, 7) is -0.477. The Bertz CT molecular complexity index is 824. The Balaban J connectivity index is 1.60. The number of alkyl halides is 3. The molecule has 0 bridgehead atoms. The molecule has 2 aliphatic rings. The van der Waals surface area contributed by atoms with Crippen LogP contribution in [0.15, 0.2) is 24.3 Å². The van der Waals surface area contributed by atoms with Gasteiger partial charge in [-0.1, -0.05) is 6.07 Å².